The summed E-state index contributed by atoms with van der Waals surface area (Å²) in [5.74, 6) is -1.58. The number of benzene rings is 4. The molecule has 2 N–H and O–H groups in total. The third kappa shape index (κ3) is 5.04. The molecule has 184 valence electrons. The van der Waals surface area contributed by atoms with Crippen LogP contribution in [0.1, 0.15) is 26.3 Å². The molecule has 7 nitrogen and oxygen atoms in total. The van der Waals surface area contributed by atoms with Crippen LogP contribution in [-0.2, 0) is 11.3 Å². The number of nitrogens with one attached hydrogen (secondary N) is 1. The van der Waals surface area contributed by atoms with E-state index in [0.29, 0.717) is 28.3 Å². The summed E-state index contributed by atoms with van der Waals surface area (Å²) in [4.78, 5) is 38.3. The molecule has 4 aromatic carbocycles. The van der Waals surface area contributed by atoms with Gasteiger partial charge in [0.1, 0.15) is 11.6 Å². The number of carboxylic acid groups (broad SMARTS) is 1. The van der Waals surface area contributed by atoms with Crippen molar-refractivity contribution < 1.29 is 28.6 Å². The molecule has 2 amide bonds. The molecule has 37 heavy (non-hydrogen) atoms. The average molecular weight is 496 g/mol. The summed E-state index contributed by atoms with van der Waals surface area (Å²) in [6, 6.07) is 24.4. The molecule has 1 heterocycles. The summed E-state index contributed by atoms with van der Waals surface area (Å²) in [5, 5.41) is 12.2. The number of fused-ring (bicyclic) bond motifs is 1. The van der Waals surface area contributed by atoms with Crippen LogP contribution in [0.3, 0.4) is 0 Å². The Labute approximate surface area is 211 Å². The molecular formula is C29H21FN2O5. The van der Waals surface area contributed by atoms with Crippen molar-refractivity contribution in [2.45, 2.75) is 6.54 Å². The molecular weight excluding hydrogens is 475 g/mol. The summed E-state index contributed by atoms with van der Waals surface area (Å²) < 4.78 is 18.7. The molecule has 0 saturated heterocycles. The van der Waals surface area contributed by atoms with E-state index in [-0.39, 0.29) is 24.6 Å². The molecule has 0 unspecified atom stereocenters. The Morgan fingerprint density at radius 3 is 2.41 bits per heavy atom. The summed E-state index contributed by atoms with van der Waals surface area (Å²) in [6.45, 7) is 0.143. The number of rotatable bonds is 6. The number of carbonyl (C=O) groups is 3. The summed E-state index contributed by atoms with van der Waals surface area (Å²) in [5.41, 5.74) is 3.80. The number of carboxylic acids is 1. The lowest BCUT2D eigenvalue weighted by atomic mass is 9.98. The van der Waals surface area contributed by atoms with Gasteiger partial charge in [-0.15, -0.1) is 0 Å². The van der Waals surface area contributed by atoms with Crippen LogP contribution < -0.4 is 15.0 Å². The van der Waals surface area contributed by atoms with Crippen LogP contribution in [0.25, 0.3) is 11.1 Å². The van der Waals surface area contributed by atoms with Gasteiger partial charge < -0.3 is 20.1 Å². The van der Waals surface area contributed by atoms with Gasteiger partial charge in [0.15, 0.2) is 6.61 Å². The minimum atomic E-state index is -0.997. The highest BCUT2D eigenvalue weighted by Crippen LogP contribution is 2.36. The second-order valence-electron chi connectivity index (χ2n) is 8.46. The second-order valence-corrected chi connectivity index (χ2v) is 8.46. The van der Waals surface area contributed by atoms with Crippen LogP contribution in [0.15, 0.2) is 91.0 Å². The number of hydrogen-bond acceptors (Lipinski definition) is 4. The van der Waals surface area contributed by atoms with E-state index in [1.54, 1.807) is 47.4 Å². The molecule has 8 heteroatoms. The zero-order valence-corrected chi connectivity index (χ0v) is 19.5. The molecule has 0 radical (unpaired) electrons. The highest BCUT2D eigenvalue weighted by Gasteiger charge is 2.26. The average Bonchev–Trinajstić information content (AvgIpc) is 2.91. The lowest BCUT2D eigenvalue weighted by Gasteiger charge is -2.30. The largest absolute Gasteiger partial charge is 0.481 e. The van der Waals surface area contributed by atoms with Gasteiger partial charge in [0.2, 0.25) is 0 Å². The topological polar surface area (TPSA) is 95.9 Å². The fourth-order valence-corrected chi connectivity index (χ4v) is 4.15. The fourth-order valence-electron chi connectivity index (χ4n) is 4.15. The van der Waals surface area contributed by atoms with Crippen molar-refractivity contribution in [3.8, 4) is 16.9 Å². The highest BCUT2D eigenvalue weighted by atomic mass is 19.1. The fraction of sp³-hybridized carbons (Fsp3) is 0.0690. The molecule has 1 aliphatic heterocycles. The lowest BCUT2D eigenvalue weighted by molar-refractivity contribution is -0.121. The Balaban J connectivity index is 1.34. The first-order valence-electron chi connectivity index (χ1n) is 11.4. The predicted molar refractivity (Wildman–Crippen MR) is 136 cm³/mol. The summed E-state index contributed by atoms with van der Waals surface area (Å²) in [7, 11) is 0. The van der Waals surface area contributed by atoms with Crippen LogP contribution >= 0.6 is 0 Å². The first-order chi connectivity index (χ1) is 17.9. The monoisotopic (exact) mass is 496 g/mol. The maximum absolute atomic E-state index is 13.1. The van der Waals surface area contributed by atoms with Crippen molar-refractivity contribution in [3.05, 3.63) is 114 Å². The SMILES string of the molecule is O=C(Nc1ccc2c(c1)OCC(=O)N2Cc1ccc(-c2ccccc2C(=O)O)cc1)c1ccc(F)cc1. The zero-order chi connectivity index (χ0) is 25.9. The van der Waals surface area contributed by atoms with Gasteiger partial charge in [-0.2, -0.15) is 0 Å². The highest BCUT2D eigenvalue weighted by molar-refractivity contribution is 6.05. The molecule has 1 aliphatic rings. The first-order valence-corrected chi connectivity index (χ1v) is 11.4. The number of carbonyl (C=O) groups excluding carboxylic acids is 2. The number of anilines is 2. The number of ether oxygens (including phenoxy) is 1. The Bertz CT molecular complexity index is 1500. The summed E-state index contributed by atoms with van der Waals surface area (Å²) >= 11 is 0. The van der Waals surface area contributed by atoms with Crippen molar-refractivity contribution in [2.75, 3.05) is 16.8 Å². The number of amides is 2. The maximum Gasteiger partial charge on any atom is 0.336 e. The maximum atomic E-state index is 13.1. The van der Waals surface area contributed by atoms with E-state index in [0.717, 1.165) is 11.1 Å². The standard InChI is InChI=1S/C29H21FN2O5/c30-21-11-9-20(10-12-21)28(34)31-22-13-14-25-26(15-22)37-17-27(33)32(25)16-18-5-7-19(8-6-18)23-3-1-2-4-24(23)29(35)36/h1-15H,16-17H2,(H,31,34)(H,35,36). The molecule has 0 atom stereocenters. The molecule has 0 aliphatic carbocycles. The van der Waals surface area contributed by atoms with E-state index in [2.05, 4.69) is 5.32 Å². The van der Waals surface area contributed by atoms with Gasteiger partial charge in [0.05, 0.1) is 17.8 Å². The Hall–Kier alpha value is -4.98. The van der Waals surface area contributed by atoms with Crippen molar-refractivity contribution >= 4 is 29.2 Å². The third-order valence-corrected chi connectivity index (χ3v) is 6.03. The second kappa shape index (κ2) is 9.94. The van der Waals surface area contributed by atoms with Crippen LogP contribution in [0.5, 0.6) is 5.75 Å². The van der Waals surface area contributed by atoms with E-state index < -0.39 is 17.7 Å². The van der Waals surface area contributed by atoms with E-state index in [1.807, 2.05) is 24.3 Å². The van der Waals surface area contributed by atoms with E-state index in [1.165, 1.54) is 24.3 Å². The lowest BCUT2D eigenvalue weighted by Crippen LogP contribution is -2.38. The van der Waals surface area contributed by atoms with Gasteiger partial charge in [0, 0.05) is 17.3 Å². The zero-order valence-electron chi connectivity index (χ0n) is 19.5. The Morgan fingerprint density at radius 2 is 1.68 bits per heavy atom. The summed E-state index contributed by atoms with van der Waals surface area (Å²) in [6.07, 6.45) is 0. The third-order valence-electron chi connectivity index (χ3n) is 6.03. The van der Waals surface area contributed by atoms with Gasteiger partial charge in [-0.25, -0.2) is 9.18 Å². The first kappa shape index (κ1) is 23.7. The Morgan fingerprint density at radius 1 is 0.946 bits per heavy atom. The van der Waals surface area contributed by atoms with Crippen molar-refractivity contribution in [3.63, 3.8) is 0 Å². The normalized spacial score (nSPS) is 12.5. The number of nitrogens with zero attached hydrogens (tertiary/aromatic N) is 1. The smallest absolute Gasteiger partial charge is 0.336 e. The van der Waals surface area contributed by atoms with Crippen molar-refractivity contribution in [1.29, 1.82) is 0 Å². The molecule has 0 spiro atoms. The minimum Gasteiger partial charge on any atom is -0.481 e. The van der Waals surface area contributed by atoms with E-state index in [4.69, 9.17) is 4.74 Å². The number of hydrogen-bond donors (Lipinski definition) is 2. The molecule has 0 aromatic heterocycles. The molecule has 5 rings (SSSR count). The van der Waals surface area contributed by atoms with Crippen molar-refractivity contribution in [2.24, 2.45) is 0 Å². The quantitative estimate of drug-likeness (QED) is 0.374. The van der Waals surface area contributed by atoms with Gasteiger partial charge in [-0.3, -0.25) is 9.59 Å². The van der Waals surface area contributed by atoms with Gasteiger partial charge >= 0.3 is 5.97 Å². The number of halogens is 1. The predicted octanol–water partition coefficient (Wildman–Crippen LogP) is 5.37. The molecule has 0 bridgehead atoms. The minimum absolute atomic E-state index is 0.146. The van der Waals surface area contributed by atoms with Crippen LogP contribution in [-0.4, -0.2) is 29.5 Å². The van der Waals surface area contributed by atoms with Crippen LogP contribution in [0, 0.1) is 5.82 Å². The van der Waals surface area contributed by atoms with Crippen LogP contribution in [0.4, 0.5) is 15.8 Å². The van der Waals surface area contributed by atoms with Crippen molar-refractivity contribution in [1.82, 2.24) is 0 Å². The molecule has 0 saturated carbocycles. The number of aromatic carboxylic acids is 1. The van der Waals surface area contributed by atoms with Gasteiger partial charge in [0.25, 0.3) is 11.8 Å². The van der Waals surface area contributed by atoms with E-state index >= 15 is 0 Å². The Kier molecular flexibility index (Phi) is 6.38. The van der Waals surface area contributed by atoms with E-state index in [9.17, 15) is 23.9 Å². The van der Waals surface area contributed by atoms with Gasteiger partial charge in [-0.05, 0) is 59.2 Å². The van der Waals surface area contributed by atoms with Gasteiger partial charge in [-0.1, -0.05) is 42.5 Å². The molecule has 0 fully saturated rings. The molecule has 4 aromatic rings. The van der Waals surface area contributed by atoms with Crippen LogP contribution in [0.2, 0.25) is 0 Å².